The molecule has 60 valence electrons. The van der Waals surface area contributed by atoms with Gasteiger partial charge >= 0.3 is 0 Å². The van der Waals surface area contributed by atoms with Crippen LogP contribution in [0.1, 0.15) is 25.7 Å². The molecule has 1 saturated carbocycles. The standard InChI is InChI=1S/C8H18N2/c9-5-1-2-6-10-7-8-3-4-8/h8,10H,1-7,9H2. The Labute approximate surface area is 63.2 Å². The monoisotopic (exact) mass is 142 g/mol. The molecule has 0 atom stereocenters. The van der Waals surface area contributed by atoms with Crippen molar-refractivity contribution in [1.29, 1.82) is 0 Å². The summed E-state index contributed by atoms with van der Waals surface area (Å²) in [7, 11) is 0. The minimum Gasteiger partial charge on any atom is -0.330 e. The van der Waals surface area contributed by atoms with Gasteiger partial charge in [0.25, 0.3) is 0 Å². The molecule has 0 aromatic heterocycles. The average Bonchev–Trinajstić information content (AvgIpc) is 2.71. The average molecular weight is 142 g/mol. The van der Waals surface area contributed by atoms with Crippen molar-refractivity contribution < 1.29 is 0 Å². The molecule has 0 radical (unpaired) electrons. The summed E-state index contributed by atoms with van der Waals surface area (Å²) >= 11 is 0. The van der Waals surface area contributed by atoms with E-state index in [0.717, 1.165) is 25.4 Å². The largest absolute Gasteiger partial charge is 0.330 e. The van der Waals surface area contributed by atoms with Gasteiger partial charge in [-0.1, -0.05) is 0 Å². The Kier molecular flexibility index (Phi) is 3.76. The van der Waals surface area contributed by atoms with Gasteiger partial charge < -0.3 is 11.1 Å². The van der Waals surface area contributed by atoms with Crippen molar-refractivity contribution in [2.24, 2.45) is 11.7 Å². The van der Waals surface area contributed by atoms with Gasteiger partial charge in [0.05, 0.1) is 0 Å². The van der Waals surface area contributed by atoms with Crippen LogP contribution in [0, 0.1) is 5.92 Å². The molecule has 1 fully saturated rings. The van der Waals surface area contributed by atoms with E-state index in [-0.39, 0.29) is 0 Å². The molecule has 0 aromatic rings. The highest BCUT2D eigenvalue weighted by molar-refractivity contribution is 4.74. The maximum absolute atomic E-state index is 5.36. The van der Waals surface area contributed by atoms with Gasteiger partial charge in [0, 0.05) is 0 Å². The van der Waals surface area contributed by atoms with Gasteiger partial charge in [0.2, 0.25) is 0 Å². The van der Waals surface area contributed by atoms with Gasteiger partial charge in [0.15, 0.2) is 0 Å². The molecule has 0 unspecified atom stereocenters. The summed E-state index contributed by atoms with van der Waals surface area (Å²) in [4.78, 5) is 0. The summed E-state index contributed by atoms with van der Waals surface area (Å²) in [6.07, 6.45) is 5.30. The van der Waals surface area contributed by atoms with E-state index in [1.165, 1.54) is 25.8 Å². The van der Waals surface area contributed by atoms with Crippen LogP contribution in [0.5, 0.6) is 0 Å². The van der Waals surface area contributed by atoms with E-state index in [4.69, 9.17) is 5.73 Å². The highest BCUT2D eigenvalue weighted by atomic mass is 14.9. The van der Waals surface area contributed by atoms with Crippen molar-refractivity contribution in [1.82, 2.24) is 5.32 Å². The molecule has 1 aliphatic carbocycles. The number of rotatable bonds is 6. The van der Waals surface area contributed by atoms with Gasteiger partial charge in [-0.3, -0.25) is 0 Å². The Bertz CT molecular complexity index is 79.3. The topological polar surface area (TPSA) is 38.0 Å². The summed E-state index contributed by atoms with van der Waals surface area (Å²) in [6.45, 7) is 3.24. The summed E-state index contributed by atoms with van der Waals surface area (Å²) < 4.78 is 0. The minimum atomic E-state index is 0.838. The first-order valence-corrected chi connectivity index (χ1v) is 4.34. The Morgan fingerprint density at radius 2 is 2.10 bits per heavy atom. The maximum atomic E-state index is 5.36. The Hall–Kier alpha value is -0.0800. The SMILES string of the molecule is NCCCCNCC1CC1. The lowest BCUT2D eigenvalue weighted by atomic mass is 10.3. The zero-order valence-corrected chi connectivity index (χ0v) is 6.60. The smallest absolute Gasteiger partial charge is 0.00205 e. The van der Waals surface area contributed by atoms with Crippen molar-refractivity contribution >= 4 is 0 Å². The van der Waals surface area contributed by atoms with Crippen LogP contribution in [-0.4, -0.2) is 19.6 Å². The van der Waals surface area contributed by atoms with Crippen LogP contribution >= 0.6 is 0 Å². The zero-order valence-electron chi connectivity index (χ0n) is 6.60. The van der Waals surface area contributed by atoms with E-state index in [1.54, 1.807) is 0 Å². The minimum absolute atomic E-state index is 0.838. The molecule has 0 spiro atoms. The molecule has 0 bridgehead atoms. The molecule has 0 heterocycles. The molecule has 0 aliphatic heterocycles. The normalized spacial score (nSPS) is 17.7. The van der Waals surface area contributed by atoms with Crippen molar-refractivity contribution in [3.63, 3.8) is 0 Å². The fourth-order valence-electron chi connectivity index (χ4n) is 1.02. The first-order valence-electron chi connectivity index (χ1n) is 4.34. The van der Waals surface area contributed by atoms with E-state index in [2.05, 4.69) is 5.32 Å². The van der Waals surface area contributed by atoms with E-state index >= 15 is 0 Å². The summed E-state index contributed by atoms with van der Waals surface area (Å²) in [6, 6.07) is 0. The molecule has 3 N–H and O–H groups in total. The molecule has 1 aliphatic rings. The number of hydrogen-bond donors (Lipinski definition) is 2. The fourth-order valence-corrected chi connectivity index (χ4v) is 1.02. The lowest BCUT2D eigenvalue weighted by molar-refractivity contribution is 0.599. The number of nitrogens with one attached hydrogen (secondary N) is 1. The van der Waals surface area contributed by atoms with E-state index < -0.39 is 0 Å². The molecule has 0 aromatic carbocycles. The fraction of sp³-hybridized carbons (Fsp3) is 1.00. The second-order valence-electron chi connectivity index (χ2n) is 3.14. The van der Waals surface area contributed by atoms with Crippen LogP contribution in [0.4, 0.5) is 0 Å². The van der Waals surface area contributed by atoms with Gasteiger partial charge in [-0.25, -0.2) is 0 Å². The number of nitrogens with two attached hydrogens (primary N) is 1. The zero-order chi connectivity index (χ0) is 7.23. The number of hydrogen-bond acceptors (Lipinski definition) is 2. The third-order valence-corrected chi connectivity index (χ3v) is 1.94. The van der Waals surface area contributed by atoms with Crippen molar-refractivity contribution in [3.05, 3.63) is 0 Å². The van der Waals surface area contributed by atoms with Crippen LogP contribution in [0.2, 0.25) is 0 Å². The summed E-state index contributed by atoms with van der Waals surface area (Å²) in [5.74, 6) is 1.01. The van der Waals surface area contributed by atoms with Gasteiger partial charge in [-0.2, -0.15) is 0 Å². The van der Waals surface area contributed by atoms with Gasteiger partial charge in [0.1, 0.15) is 0 Å². The van der Waals surface area contributed by atoms with Gasteiger partial charge in [-0.15, -0.1) is 0 Å². The maximum Gasteiger partial charge on any atom is -0.00205 e. The lowest BCUT2D eigenvalue weighted by Gasteiger charge is -2.00. The van der Waals surface area contributed by atoms with Crippen molar-refractivity contribution in [3.8, 4) is 0 Å². The summed E-state index contributed by atoms with van der Waals surface area (Å²) in [5.41, 5.74) is 5.36. The number of unbranched alkanes of at least 4 members (excludes halogenated alkanes) is 1. The molecule has 2 nitrogen and oxygen atoms in total. The van der Waals surface area contributed by atoms with Crippen molar-refractivity contribution in [2.45, 2.75) is 25.7 Å². The van der Waals surface area contributed by atoms with E-state index in [0.29, 0.717) is 0 Å². The molecule has 0 amide bonds. The van der Waals surface area contributed by atoms with Crippen LogP contribution in [0.25, 0.3) is 0 Å². The highest BCUT2D eigenvalue weighted by Crippen LogP contribution is 2.27. The Balaban J connectivity index is 1.68. The summed E-state index contributed by atoms with van der Waals surface area (Å²) in [5, 5.41) is 3.43. The Morgan fingerprint density at radius 1 is 1.30 bits per heavy atom. The van der Waals surface area contributed by atoms with Crippen LogP contribution < -0.4 is 11.1 Å². The molecule has 1 rings (SSSR count). The quantitative estimate of drug-likeness (QED) is 0.536. The molecule has 10 heavy (non-hydrogen) atoms. The predicted molar refractivity (Wildman–Crippen MR) is 43.9 cm³/mol. The lowest BCUT2D eigenvalue weighted by Crippen LogP contribution is -2.18. The second kappa shape index (κ2) is 4.69. The van der Waals surface area contributed by atoms with Crippen LogP contribution in [0.15, 0.2) is 0 Å². The van der Waals surface area contributed by atoms with Crippen LogP contribution in [-0.2, 0) is 0 Å². The predicted octanol–water partition coefficient (Wildman–Crippen LogP) is 0.725. The molecule has 2 heteroatoms. The van der Waals surface area contributed by atoms with Crippen molar-refractivity contribution in [2.75, 3.05) is 19.6 Å². The molecule has 0 saturated heterocycles. The Morgan fingerprint density at radius 3 is 2.70 bits per heavy atom. The molecular weight excluding hydrogens is 124 g/mol. The molecular formula is C8H18N2. The highest BCUT2D eigenvalue weighted by Gasteiger charge is 2.19. The first-order chi connectivity index (χ1) is 4.93. The van der Waals surface area contributed by atoms with Crippen LogP contribution in [0.3, 0.4) is 0 Å². The van der Waals surface area contributed by atoms with E-state index in [9.17, 15) is 0 Å². The third kappa shape index (κ3) is 3.85. The van der Waals surface area contributed by atoms with E-state index in [1.807, 2.05) is 0 Å². The third-order valence-electron chi connectivity index (χ3n) is 1.94. The first kappa shape index (κ1) is 8.02. The van der Waals surface area contributed by atoms with Gasteiger partial charge in [-0.05, 0) is 51.2 Å². The second-order valence-corrected chi connectivity index (χ2v) is 3.14.